The first-order valence-electron chi connectivity index (χ1n) is 10.0. The molecule has 0 aliphatic rings. The van der Waals surface area contributed by atoms with Crippen LogP contribution in [0.3, 0.4) is 0 Å². The van der Waals surface area contributed by atoms with Gasteiger partial charge in [-0.15, -0.1) is 0 Å². The maximum absolute atomic E-state index is 12.5. The van der Waals surface area contributed by atoms with Crippen LogP contribution < -0.4 is 14.8 Å². The predicted octanol–water partition coefficient (Wildman–Crippen LogP) is 4.28. The van der Waals surface area contributed by atoms with Crippen LogP contribution in [0.5, 0.6) is 11.5 Å². The second-order valence-electron chi connectivity index (χ2n) is 7.03. The van der Waals surface area contributed by atoms with Gasteiger partial charge in [0.25, 0.3) is 17.3 Å². The number of nitro benzene ring substituents is 2. The van der Waals surface area contributed by atoms with E-state index >= 15 is 0 Å². The Hall–Kier alpha value is -5.57. The summed E-state index contributed by atoms with van der Waals surface area (Å²) in [5, 5.41) is 33.9. The lowest BCUT2D eigenvalue weighted by Crippen LogP contribution is -2.14. The Morgan fingerprint density at radius 3 is 2.28 bits per heavy atom. The summed E-state index contributed by atoms with van der Waals surface area (Å²) in [4.78, 5) is 45.7. The van der Waals surface area contributed by atoms with Crippen molar-refractivity contribution in [2.45, 2.75) is 0 Å². The third kappa shape index (κ3) is 6.06. The van der Waals surface area contributed by atoms with Crippen LogP contribution in [0.1, 0.15) is 15.9 Å². The normalized spacial score (nSPS) is 10.6. The molecule has 0 unspecified atom stereocenters. The van der Waals surface area contributed by atoms with Gasteiger partial charge in [-0.25, -0.2) is 4.79 Å². The number of amides is 1. The number of rotatable bonds is 8. The lowest BCUT2D eigenvalue weighted by molar-refractivity contribution is -0.384. The molecule has 36 heavy (non-hydrogen) atoms. The molecule has 0 saturated carbocycles. The van der Waals surface area contributed by atoms with Gasteiger partial charge in [-0.2, -0.15) is 5.26 Å². The summed E-state index contributed by atoms with van der Waals surface area (Å²) in [7, 11) is 1.34. The molecule has 0 aliphatic heterocycles. The molecule has 0 heterocycles. The lowest BCUT2D eigenvalue weighted by atomic mass is 10.1. The summed E-state index contributed by atoms with van der Waals surface area (Å²) in [5.41, 5.74) is -0.718. The van der Waals surface area contributed by atoms with Crippen LogP contribution in [0.4, 0.5) is 17.1 Å². The number of hydrogen-bond donors (Lipinski definition) is 1. The zero-order chi connectivity index (χ0) is 26.2. The molecular weight excluding hydrogens is 472 g/mol. The SMILES string of the molecule is COc1ccc(NC(=O)/C(C#N)=C/c2ccc(OC(=O)c3cccc([N+](=O)[O-])c3)cc2)c([N+](=O)[O-])c1. The predicted molar refractivity (Wildman–Crippen MR) is 126 cm³/mol. The molecule has 3 aromatic carbocycles. The molecule has 0 saturated heterocycles. The van der Waals surface area contributed by atoms with Crippen molar-refractivity contribution < 1.29 is 28.9 Å². The Kier molecular flexibility index (Phi) is 7.68. The number of carbonyl (C=O) groups excluding carboxylic acids is 2. The van der Waals surface area contributed by atoms with Gasteiger partial charge in [0, 0.05) is 12.1 Å². The number of hydrogen-bond acceptors (Lipinski definition) is 9. The van der Waals surface area contributed by atoms with E-state index in [1.807, 2.05) is 0 Å². The van der Waals surface area contributed by atoms with Crippen molar-refractivity contribution in [2.75, 3.05) is 12.4 Å². The van der Waals surface area contributed by atoms with Crippen LogP contribution in [0.15, 0.2) is 72.3 Å². The number of methoxy groups -OCH3 is 1. The number of nitriles is 1. The number of nitrogens with zero attached hydrogens (tertiary/aromatic N) is 3. The molecule has 0 fully saturated rings. The number of ether oxygens (including phenoxy) is 2. The van der Waals surface area contributed by atoms with Gasteiger partial charge in [-0.3, -0.25) is 25.0 Å². The van der Waals surface area contributed by atoms with Crippen molar-refractivity contribution in [3.05, 3.63) is 104 Å². The average Bonchev–Trinajstić information content (AvgIpc) is 2.88. The van der Waals surface area contributed by atoms with Crippen molar-refractivity contribution >= 4 is 35.0 Å². The molecule has 12 heteroatoms. The van der Waals surface area contributed by atoms with E-state index in [4.69, 9.17) is 9.47 Å². The summed E-state index contributed by atoms with van der Waals surface area (Å²) in [5.74, 6) is -1.32. The highest BCUT2D eigenvalue weighted by molar-refractivity contribution is 6.10. The summed E-state index contributed by atoms with van der Waals surface area (Å²) in [6.45, 7) is 0. The van der Waals surface area contributed by atoms with Crippen molar-refractivity contribution in [3.63, 3.8) is 0 Å². The summed E-state index contributed by atoms with van der Waals surface area (Å²) >= 11 is 0. The molecule has 0 aliphatic carbocycles. The van der Waals surface area contributed by atoms with Crippen LogP contribution in [-0.4, -0.2) is 28.8 Å². The number of nitrogens with one attached hydrogen (secondary N) is 1. The highest BCUT2D eigenvalue weighted by atomic mass is 16.6. The monoisotopic (exact) mass is 488 g/mol. The highest BCUT2D eigenvalue weighted by Crippen LogP contribution is 2.29. The minimum atomic E-state index is -0.869. The number of non-ortho nitro benzene ring substituents is 1. The zero-order valence-electron chi connectivity index (χ0n) is 18.5. The van der Waals surface area contributed by atoms with Gasteiger partial charge >= 0.3 is 5.97 Å². The van der Waals surface area contributed by atoms with Gasteiger partial charge in [-0.1, -0.05) is 18.2 Å². The van der Waals surface area contributed by atoms with Crippen LogP contribution in [-0.2, 0) is 4.79 Å². The molecule has 1 N–H and O–H groups in total. The van der Waals surface area contributed by atoms with E-state index in [0.717, 1.165) is 12.1 Å². The topological polar surface area (TPSA) is 175 Å². The molecular formula is C24H16N4O8. The molecule has 1 amide bonds. The zero-order valence-corrected chi connectivity index (χ0v) is 18.5. The summed E-state index contributed by atoms with van der Waals surface area (Å²) < 4.78 is 10.1. The van der Waals surface area contributed by atoms with Crippen molar-refractivity contribution in [1.29, 1.82) is 5.26 Å². The maximum Gasteiger partial charge on any atom is 0.343 e. The molecule has 12 nitrogen and oxygen atoms in total. The fourth-order valence-electron chi connectivity index (χ4n) is 2.94. The Morgan fingerprint density at radius 1 is 0.972 bits per heavy atom. The number of nitro groups is 2. The Labute approximate surface area is 203 Å². The quantitative estimate of drug-likeness (QED) is 0.121. The van der Waals surface area contributed by atoms with E-state index in [0.29, 0.717) is 5.56 Å². The first-order valence-corrected chi connectivity index (χ1v) is 10.0. The maximum atomic E-state index is 12.5. The first-order chi connectivity index (χ1) is 17.2. The highest BCUT2D eigenvalue weighted by Gasteiger charge is 2.19. The summed E-state index contributed by atoms with van der Waals surface area (Å²) in [6.07, 6.45) is 1.25. The minimum absolute atomic E-state index is 0.00997. The van der Waals surface area contributed by atoms with E-state index in [-0.39, 0.29) is 34.0 Å². The van der Waals surface area contributed by atoms with Crippen LogP contribution >= 0.6 is 0 Å². The third-order valence-electron chi connectivity index (χ3n) is 4.71. The second-order valence-corrected chi connectivity index (χ2v) is 7.03. The van der Waals surface area contributed by atoms with Gasteiger partial charge in [-0.05, 0) is 42.0 Å². The fourth-order valence-corrected chi connectivity index (χ4v) is 2.94. The van der Waals surface area contributed by atoms with E-state index in [9.17, 15) is 35.1 Å². The molecule has 0 aromatic heterocycles. The van der Waals surface area contributed by atoms with E-state index in [1.165, 1.54) is 67.8 Å². The van der Waals surface area contributed by atoms with Gasteiger partial charge < -0.3 is 14.8 Å². The number of carbonyl (C=O) groups is 2. The Bertz CT molecular complexity index is 1420. The van der Waals surface area contributed by atoms with E-state index in [2.05, 4.69) is 5.32 Å². The first kappa shape index (κ1) is 25.1. The van der Waals surface area contributed by atoms with Crippen molar-refractivity contribution in [1.82, 2.24) is 0 Å². The third-order valence-corrected chi connectivity index (χ3v) is 4.71. The van der Waals surface area contributed by atoms with Gasteiger partial charge in [0.15, 0.2) is 0 Å². The standard InChI is InChI=1S/C24H16N4O8/c1-35-20-9-10-21(22(13-20)28(33)34)26-23(29)17(14-25)11-15-5-7-19(8-6-15)36-24(30)16-3-2-4-18(12-16)27(31)32/h2-13H,1H3,(H,26,29)/b17-11+. The van der Waals surface area contributed by atoms with Gasteiger partial charge in [0.1, 0.15) is 28.8 Å². The number of anilines is 1. The molecule has 3 aromatic rings. The fraction of sp³-hybridized carbons (Fsp3) is 0.0417. The molecule has 0 spiro atoms. The average molecular weight is 488 g/mol. The van der Waals surface area contributed by atoms with Crippen LogP contribution in [0.25, 0.3) is 6.08 Å². The van der Waals surface area contributed by atoms with Crippen molar-refractivity contribution in [3.8, 4) is 17.6 Å². The van der Waals surface area contributed by atoms with E-state index in [1.54, 1.807) is 6.07 Å². The molecule has 3 rings (SSSR count). The molecule has 0 atom stereocenters. The summed E-state index contributed by atoms with van der Waals surface area (Å²) in [6, 6.07) is 16.4. The molecule has 0 bridgehead atoms. The lowest BCUT2D eigenvalue weighted by Gasteiger charge is -2.07. The largest absolute Gasteiger partial charge is 0.496 e. The van der Waals surface area contributed by atoms with Gasteiger partial charge in [0.2, 0.25) is 0 Å². The smallest absolute Gasteiger partial charge is 0.343 e. The molecule has 180 valence electrons. The van der Waals surface area contributed by atoms with Crippen molar-refractivity contribution in [2.24, 2.45) is 0 Å². The molecule has 0 radical (unpaired) electrons. The van der Waals surface area contributed by atoms with Crippen LogP contribution in [0.2, 0.25) is 0 Å². The second kappa shape index (κ2) is 11.0. The van der Waals surface area contributed by atoms with Crippen LogP contribution in [0, 0.1) is 31.6 Å². The van der Waals surface area contributed by atoms with Gasteiger partial charge in [0.05, 0.1) is 28.6 Å². The number of benzene rings is 3. The Balaban J connectivity index is 1.74. The number of esters is 1. The minimum Gasteiger partial charge on any atom is -0.496 e. The van der Waals surface area contributed by atoms with E-state index < -0.39 is 27.4 Å². The Morgan fingerprint density at radius 2 is 1.67 bits per heavy atom.